The van der Waals surface area contributed by atoms with Gasteiger partial charge in [0, 0.05) is 6.07 Å². The van der Waals surface area contributed by atoms with E-state index >= 15 is 0 Å². The molecule has 0 radical (unpaired) electrons. The van der Waals surface area contributed by atoms with Crippen LogP contribution in [0.2, 0.25) is 0 Å². The SMILES string of the molecule is Cc1ccc(CNS(=O)(=O)c2cc([N+](=O)[O-])c(NN)s2)o1. The van der Waals surface area contributed by atoms with Crippen LogP contribution >= 0.6 is 11.3 Å². The molecular weight excluding hydrogens is 320 g/mol. The largest absolute Gasteiger partial charge is 0.465 e. The van der Waals surface area contributed by atoms with E-state index in [4.69, 9.17) is 10.3 Å². The van der Waals surface area contributed by atoms with E-state index in [0.29, 0.717) is 22.9 Å². The molecule has 0 saturated heterocycles. The lowest BCUT2D eigenvalue weighted by Crippen LogP contribution is -2.22. The second-order valence-corrected chi connectivity index (χ2v) is 7.06. The summed E-state index contributed by atoms with van der Waals surface area (Å²) < 4.78 is 31.5. The molecule has 11 heteroatoms. The molecule has 2 rings (SSSR count). The average molecular weight is 332 g/mol. The van der Waals surface area contributed by atoms with Crippen molar-refractivity contribution in [1.29, 1.82) is 0 Å². The predicted molar refractivity (Wildman–Crippen MR) is 76.3 cm³/mol. The van der Waals surface area contributed by atoms with Crippen LogP contribution in [0.1, 0.15) is 11.5 Å². The Kier molecular flexibility index (Phi) is 4.27. The minimum Gasteiger partial charge on any atom is -0.465 e. The van der Waals surface area contributed by atoms with Crippen molar-refractivity contribution in [3.05, 3.63) is 39.8 Å². The number of thiophene rings is 1. The molecule has 2 aromatic heterocycles. The molecule has 0 aliphatic heterocycles. The van der Waals surface area contributed by atoms with Gasteiger partial charge in [-0.15, -0.1) is 0 Å². The molecule has 0 aromatic carbocycles. The van der Waals surface area contributed by atoms with Gasteiger partial charge in [0.25, 0.3) is 10.0 Å². The first-order chi connectivity index (χ1) is 9.83. The molecule has 0 spiro atoms. The number of nitrogens with one attached hydrogen (secondary N) is 2. The lowest BCUT2D eigenvalue weighted by atomic mass is 10.4. The third-order valence-corrected chi connectivity index (χ3v) is 5.45. The van der Waals surface area contributed by atoms with Crippen LogP contribution in [0.25, 0.3) is 0 Å². The van der Waals surface area contributed by atoms with Crippen LogP contribution in [-0.2, 0) is 16.6 Å². The van der Waals surface area contributed by atoms with Gasteiger partial charge in [-0.1, -0.05) is 11.3 Å². The Hall–Kier alpha value is -1.95. The Morgan fingerprint density at radius 3 is 2.67 bits per heavy atom. The highest BCUT2D eigenvalue weighted by atomic mass is 32.2. The van der Waals surface area contributed by atoms with Crippen molar-refractivity contribution in [3.63, 3.8) is 0 Å². The molecule has 114 valence electrons. The van der Waals surface area contributed by atoms with Crippen molar-refractivity contribution in [2.45, 2.75) is 17.7 Å². The second kappa shape index (κ2) is 5.81. The summed E-state index contributed by atoms with van der Waals surface area (Å²) in [6.45, 7) is 1.69. The van der Waals surface area contributed by atoms with Gasteiger partial charge in [-0.2, -0.15) is 0 Å². The average Bonchev–Trinajstić information content (AvgIpc) is 3.02. The predicted octanol–water partition coefficient (Wildman–Crippen LogP) is 1.32. The van der Waals surface area contributed by atoms with Crippen LogP contribution in [0.3, 0.4) is 0 Å². The molecule has 0 aliphatic rings. The fraction of sp³-hybridized carbons (Fsp3) is 0.200. The fourth-order valence-corrected chi connectivity index (χ4v) is 3.82. The third kappa shape index (κ3) is 3.39. The molecule has 0 fully saturated rings. The van der Waals surface area contributed by atoms with Gasteiger partial charge in [0.05, 0.1) is 11.5 Å². The van der Waals surface area contributed by atoms with E-state index in [1.54, 1.807) is 19.1 Å². The van der Waals surface area contributed by atoms with E-state index in [1.807, 2.05) is 0 Å². The third-order valence-electron chi connectivity index (χ3n) is 2.51. The maximum Gasteiger partial charge on any atom is 0.306 e. The van der Waals surface area contributed by atoms with E-state index in [9.17, 15) is 18.5 Å². The molecule has 2 aromatic rings. The van der Waals surface area contributed by atoms with Crippen molar-refractivity contribution in [1.82, 2.24) is 4.72 Å². The maximum absolute atomic E-state index is 12.1. The zero-order valence-electron chi connectivity index (χ0n) is 10.8. The van der Waals surface area contributed by atoms with Crippen molar-refractivity contribution in [3.8, 4) is 0 Å². The summed E-state index contributed by atoms with van der Waals surface area (Å²) in [6.07, 6.45) is 0. The number of furan rings is 1. The Balaban J connectivity index is 2.21. The van der Waals surface area contributed by atoms with Gasteiger partial charge in [-0.05, 0) is 19.1 Å². The highest BCUT2D eigenvalue weighted by Gasteiger charge is 2.25. The summed E-state index contributed by atoms with van der Waals surface area (Å²) in [7, 11) is -3.89. The van der Waals surface area contributed by atoms with Gasteiger partial charge in [0.1, 0.15) is 15.7 Å². The van der Waals surface area contributed by atoms with Crippen molar-refractivity contribution >= 4 is 32.0 Å². The minimum absolute atomic E-state index is 0.0331. The van der Waals surface area contributed by atoms with Crippen molar-refractivity contribution in [2.75, 3.05) is 5.43 Å². The first kappa shape index (κ1) is 15.4. The molecule has 0 unspecified atom stereocenters. The van der Waals surface area contributed by atoms with Gasteiger partial charge in [0.2, 0.25) is 0 Å². The van der Waals surface area contributed by atoms with Crippen LogP contribution in [0.5, 0.6) is 0 Å². The van der Waals surface area contributed by atoms with Crippen molar-refractivity contribution in [2.24, 2.45) is 5.84 Å². The lowest BCUT2D eigenvalue weighted by molar-refractivity contribution is -0.383. The quantitative estimate of drug-likeness (QED) is 0.411. The van der Waals surface area contributed by atoms with Crippen LogP contribution in [0.15, 0.2) is 26.8 Å². The first-order valence-electron chi connectivity index (χ1n) is 5.63. The topological polar surface area (TPSA) is 140 Å². The molecule has 0 atom stereocenters. The van der Waals surface area contributed by atoms with E-state index in [2.05, 4.69) is 10.1 Å². The second-order valence-electron chi connectivity index (χ2n) is 4.02. The van der Waals surface area contributed by atoms with Gasteiger partial charge in [-0.3, -0.25) is 10.1 Å². The Morgan fingerprint density at radius 1 is 1.48 bits per heavy atom. The maximum atomic E-state index is 12.1. The first-order valence-corrected chi connectivity index (χ1v) is 7.93. The van der Waals surface area contributed by atoms with E-state index < -0.39 is 20.6 Å². The van der Waals surface area contributed by atoms with Gasteiger partial charge in [-0.25, -0.2) is 19.0 Å². The zero-order chi connectivity index (χ0) is 15.6. The summed E-state index contributed by atoms with van der Waals surface area (Å²) in [5.74, 6) is 6.24. The number of nitrogens with zero attached hydrogens (tertiary/aromatic N) is 1. The number of anilines is 1. The number of hydrogen-bond donors (Lipinski definition) is 3. The molecule has 0 aliphatic carbocycles. The molecule has 21 heavy (non-hydrogen) atoms. The molecule has 0 bridgehead atoms. The summed E-state index contributed by atoms with van der Waals surface area (Å²) in [5.41, 5.74) is 1.72. The van der Waals surface area contributed by atoms with Crippen LogP contribution in [0, 0.1) is 17.0 Å². The summed E-state index contributed by atoms with van der Waals surface area (Å²) >= 11 is 0.676. The number of aryl methyl sites for hydroxylation is 1. The Morgan fingerprint density at radius 2 is 2.19 bits per heavy atom. The standard InChI is InChI=1S/C10H12N4O5S2/c1-6-2-3-7(19-6)5-12-21(17,18)9-4-8(14(15)16)10(13-11)20-9/h2-4,12-13H,5,11H2,1H3. The fourth-order valence-electron chi connectivity index (χ4n) is 1.55. The van der Waals surface area contributed by atoms with E-state index in [1.165, 1.54) is 0 Å². The number of rotatable bonds is 6. The van der Waals surface area contributed by atoms with Gasteiger partial charge < -0.3 is 9.84 Å². The number of hydrogen-bond acceptors (Lipinski definition) is 8. The van der Waals surface area contributed by atoms with E-state index in [0.717, 1.165) is 6.07 Å². The summed E-state index contributed by atoms with van der Waals surface area (Å²) in [5, 5.41) is 10.8. The smallest absolute Gasteiger partial charge is 0.306 e. The highest BCUT2D eigenvalue weighted by molar-refractivity contribution is 7.91. The number of nitro groups is 1. The number of hydrazine groups is 1. The zero-order valence-corrected chi connectivity index (χ0v) is 12.5. The monoisotopic (exact) mass is 332 g/mol. The summed E-state index contributed by atoms with van der Waals surface area (Å²) in [4.78, 5) is 10.1. The summed E-state index contributed by atoms with van der Waals surface area (Å²) in [6, 6.07) is 4.30. The highest BCUT2D eigenvalue weighted by Crippen LogP contribution is 2.36. The van der Waals surface area contributed by atoms with Gasteiger partial charge in [0.15, 0.2) is 5.00 Å². The minimum atomic E-state index is -3.89. The molecule has 2 heterocycles. The van der Waals surface area contributed by atoms with Crippen LogP contribution < -0.4 is 16.0 Å². The molecule has 0 amide bonds. The lowest BCUT2D eigenvalue weighted by Gasteiger charge is -2.01. The van der Waals surface area contributed by atoms with Crippen molar-refractivity contribution < 1.29 is 17.8 Å². The van der Waals surface area contributed by atoms with Crippen LogP contribution in [-0.4, -0.2) is 13.3 Å². The van der Waals surface area contributed by atoms with Crippen LogP contribution in [0.4, 0.5) is 10.7 Å². The molecule has 4 N–H and O–H groups in total. The normalized spacial score (nSPS) is 11.5. The molecular formula is C10H12N4O5S2. The number of nitrogens with two attached hydrogens (primary N) is 1. The van der Waals surface area contributed by atoms with E-state index in [-0.39, 0.29) is 15.8 Å². The number of nitrogen functional groups attached to an aromatic ring is 1. The number of sulfonamides is 1. The Bertz CT molecular complexity index is 764. The molecule has 9 nitrogen and oxygen atoms in total. The van der Waals surface area contributed by atoms with Gasteiger partial charge >= 0.3 is 5.69 Å². The molecule has 0 saturated carbocycles. The Labute approximate surface area is 123 Å².